The van der Waals surface area contributed by atoms with Crippen LogP contribution in [-0.2, 0) is 4.79 Å². The van der Waals surface area contributed by atoms with Crippen LogP contribution in [0.5, 0.6) is 0 Å². The lowest BCUT2D eigenvalue weighted by molar-refractivity contribution is -0.125. The van der Waals surface area contributed by atoms with Gasteiger partial charge in [-0.15, -0.1) is 0 Å². The van der Waals surface area contributed by atoms with Gasteiger partial charge in [0.2, 0.25) is 5.91 Å². The molecular weight excluding hydrogens is 394 g/mol. The Kier molecular flexibility index (Phi) is 6.13. The van der Waals surface area contributed by atoms with Crippen LogP contribution in [0.15, 0.2) is 53.5 Å². The summed E-state index contributed by atoms with van der Waals surface area (Å²) in [5, 5.41) is 3.22. The summed E-state index contributed by atoms with van der Waals surface area (Å²) in [6, 6.07) is 15.2. The Hall–Kier alpha value is -2.73. The van der Waals surface area contributed by atoms with Crippen LogP contribution in [0.1, 0.15) is 61.0 Å². The van der Waals surface area contributed by atoms with Crippen molar-refractivity contribution >= 4 is 33.4 Å². The summed E-state index contributed by atoms with van der Waals surface area (Å²) in [4.78, 5) is 31.0. The molecule has 0 bridgehead atoms. The molecule has 2 amide bonds. The number of nitrogens with zero attached hydrogens (tertiary/aromatic N) is 2. The van der Waals surface area contributed by atoms with Crippen molar-refractivity contribution in [2.75, 3.05) is 0 Å². The number of aromatic nitrogens is 1. The van der Waals surface area contributed by atoms with Gasteiger partial charge < -0.3 is 9.88 Å². The summed E-state index contributed by atoms with van der Waals surface area (Å²) in [5.74, 6) is -0.279. The van der Waals surface area contributed by atoms with Crippen molar-refractivity contribution in [1.82, 2.24) is 9.88 Å². The zero-order valence-corrected chi connectivity index (χ0v) is 18.2. The van der Waals surface area contributed by atoms with E-state index in [0.717, 1.165) is 28.6 Å². The topological polar surface area (TPSA) is 63.5 Å². The normalized spacial score (nSPS) is 16.1. The number of hydrogen-bond acceptors (Lipinski definition) is 3. The monoisotopic (exact) mass is 421 g/mol. The smallest absolute Gasteiger partial charge is 0.279 e. The number of hydrogen-bond donors (Lipinski definition) is 1. The number of carbonyl (C=O) groups excluding carboxylic acids is 2. The predicted molar refractivity (Wildman–Crippen MR) is 121 cm³/mol. The van der Waals surface area contributed by atoms with Gasteiger partial charge in [0.25, 0.3) is 5.91 Å². The molecule has 156 valence electrons. The van der Waals surface area contributed by atoms with E-state index in [2.05, 4.69) is 10.3 Å². The second-order valence-corrected chi connectivity index (χ2v) is 8.93. The van der Waals surface area contributed by atoms with Crippen molar-refractivity contribution in [3.05, 3.63) is 64.5 Å². The Morgan fingerprint density at radius 1 is 1.13 bits per heavy atom. The van der Waals surface area contributed by atoms with Crippen LogP contribution in [0.4, 0.5) is 0 Å². The van der Waals surface area contributed by atoms with Gasteiger partial charge in [0.1, 0.15) is 6.04 Å². The summed E-state index contributed by atoms with van der Waals surface area (Å²) in [6.45, 7) is 3.99. The first-order valence-electron chi connectivity index (χ1n) is 10.6. The first kappa shape index (κ1) is 20.5. The van der Waals surface area contributed by atoms with Crippen molar-refractivity contribution < 1.29 is 9.59 Å². The molecule has 6 heteroatoms. The van der Waals surface area contributed by atoms with Crippen LogP contribution in [0.2, 0.25) is 0 Å². The minimum absolute atomic E-state index is 0.0113. The average Bonchev–Trinajstić information content (AvgIpc) is 3.37. The minimum atomic E-state index is -0.397. The fourth-order valence-corrected chi connectivity index (χ4v) is 5.14. The number of benzene rings is 2. The molecule has 30 heavy (non-hydrogen) atoms. The highest BCUT2D eigenvalue weighted by molar-refractivity contribution is 7.16. The van der Waals surface area contributed by atoms with Crippen LogP contribution < -0.4 is 10.1 Å². The Bertz CT molecular complexity index is 1120. The van der Waals surface area contributed by atoms with E-state index in [0.29, 0.717) is 16.8 Å². The molecule has 1 fully saturated rings. The van der Waals surface area contributed by atoms with E-state index >= 15 is 0 Å². The Morgan fingerprint density at radius 2 is 1.83 bits per heavy atom. The lowest BCUT2D eigenvalue weighted by Crippen LogP contribution is -2.40. The van der Waals surface area contributed by atoms with E-state index in [1.807, 2.05) is 54.8 Å². The summed E-state index contributed by atoms with van der Waals surface area (Å²) in [7, 11) is 0. The van der Waals surface area contributed by atoms with E-state index in [1.165, 1.54) is 24.2 Å². The number of thiazole rings is 1. The molecule has 1 aliphatic rings. The minimum Gasteiger partial charge on any atom is -0.352 e. The number of nitrogens with one attached hydrogen (secondary N) is 1. The molecule has 0 radical (unpaired) electrons. The van der Waals surface area contributed by atoms with Gasteiger partial charge in [0.15, 0.2) is 4.80 Å². The maximum absolute atomic E-state index is 13.2. The van der Waals surface area contributed by atoms with Gasteiger partial charge in [-0.2, -0.15) is 4.99 Å². The zero-order valence-electron chi connectivity index (χ0n) is 17.4. The van der Waals surface area contributed by atoms with Crippen LogP contribution in [-0.4, -0.2) is 22.4 Å². The maximum atomic E-state index is 13.2. The number of rotatable bonds is 5. The second-order valence-electron chi connectivity index (χ2n) is 7.92. The van der Waals surface area contributed by atoms with Crippen molar-refractivity contribution in [1.29, 1.82) is 0 Å². The highest BCUT2D eigenvalue weighted by atomic mass is 32.1. The third-order valence-electron chi connectivity index (χ3n) is 5.73. The standard InChI is InChI=1S/C24H27N3O2S/c1-3-19(23(29)25-18-8-4-5-9-18)27-20-10-6-7-11-21(20)30-24(27)26-22(28)17-14-12-16(2)13-15-17/h6-7,10-15,18-19H,3-5,8-9H2,1-2H3,(H,25,29). The molecule has 4 rings (SSSR count). The van der Waals surface area contributed by atoms with Crippen molar-refractivity contribution in [2.45, 2.75) is 58.0 Å². The SMILES string of the molecule is CCC(C(=O)NC1CCCC1)n1c(=NC(=O)c2ccc(C)cc2)sc2ccccc21. The van der Waals surface area contributed by atoms with Crippen LogP contribution >= 0.6 is 11.3 Å². The predicted octanol–water partition coefficient (Wildman–Crippen LogP) is 4.76. The third-order valence-corrected chi connectivity index (χ3v) is 6.77. The van der Waals surface area contributed by atoms with Crippen molar-refractivity contribution in [2.24, 2.45) is 4.99 Å². The molecule has 1 atom stereocenters. The van der Waals surface area contributed by atoms with Crippen molar-refractivity contribution in [3.8, 4) is 0 Å². The molecule has 0 saturated heterocycles. The summed E-state index contributed by atoms with van der Waals surface area (Å²) in [6.07, 6.45) is 5.05. The molecule has 3 aromatic rings. The maximum Gasteiger partial charge on any atom is 0.279 e. The first-order chi connectivity index (χ1) is 14.6. The number of amides is 2. The molecule has 5 nitrogen and oxygen atoms in total. The summed E-state index contributed by atoms with van der Waals surface area (Å²) >= 11 is 1.45. The van der Waals surface area contributed by atoms with Gasteiger partial charge in [0.05, 0.1) is 10.2 Å². The lowest BCUT2D eigenvalue weighted by atomic mass is 10.1. The lowest BCUT2D eigenvalue weighted by Gasteiger charge is -2.20. The van der Waals surface area contributed by atoms with E-state index in [1.54, 1.807) is 12.1 Å². The van der Waals surface area contributed by atoms with Gasteiger partial charge in [0, 0.05) is 11.6 Å². The third kappa shape index (κ3) is 4.24. The Balaban J connectivity index is 1.76. The van der Waals surface area contributed by atoms with E-state index in [4.69, 9.17) is 0 Å². The van der Waals surface area contributed by atoms with E-state index < -0.39 is 6.04 Å². The zero-order chi connectivity index (χ0) is 21.1. The highest BCUT2D eigenvalue weighted by Crippen LogP contribution is 2.24. The van der Waals surface area contributed by atoms with Crippen LogP contribution in [0.25, 0.3) is 10.2 Å². The quantitative estimate of drug-likeness (QED) is 0.645. The molecule has 0 spiro atoms. The van der Waals surface area contributed by atoms with Gasteiger partial charge in [-0.25, -0.2) is 0 Å². The number of carbonyl (C=O) groups is 2. The molecule has 1 unspecified atom stereocenters. The van der Waals surface area contributed by atoms with E-state index in [-0.39, 0.29) is 17.9 Å². The van der Waals surface area contributed by atoms with Crippen LogP contribution in [0.3, 0.4) is 0 Å². The molecule has 1 aromatic heterocycles. The first-order valence-corrected chi connectivity index (χ1v) is 11.4. The van der Waals surface area contributed by atoms with Crippen LogP contribution in [0, 0.1) is 6.92 Å². The molecule has 1 saturated carbocycles. The molecule has 1 N–H and O–H groups in total. The second kappa shape index (κ2) is 8.96. The van der Waals surface area contributed by atoms with Gasteiger partial charge in [-0.1, -0.05) is 60.9 Å². The molecule has 2 aromatic carbocycles. The van der Waals surface area contributed by atoms with E-state index in [9.17, 15) is 9.59 Å². The number of fused-ring (bicyclic) bond motifs is 1. The molecule has 1 heterocycles. The average molecular weight is 422 g/mol. The van der Waals surface area contributed by atoms with Gasteiger partial charge >= 0.3 is 0 Å². The van der Waals surface area contributed by atoms with Gasteiger partial charge in [-0.3, -0.25) is 9.59 Å². The molecule has 0 aliphatic heterocycles. The molecule has 1 aliphatic carbocycles. The Morgan fingerprint density at radius 3 is 2.53 bits per heavy atom. The van der Waals surface area contributed by atoms with Gasteiger partial charge in [-0.05, 0) is 50.5 Å². The summed E-state index contributed by atoms with van der Waals surface area (Å²) in [5.41, 5.74) is 2.58. The van der Waals surface area contributed by atoms with Crippen molar-refractivity contribution in [3.63, 3.8) is 0 Å². The highest BCUT2D eigenvalue weighted by Gasteiger charge is 2.26. The number of aryl methyl sites for hydroxylation is 1. The fourth-order valence-electron chi connectivity index (χ4n) is 4.07. The number of para-hydroxylation sites is 1. The summed E-state index contributed by atoms with van der Waals surface area (Å²) < 4.78 is 2.95. The Labute approximate surface area is 180 Å². The molecular formula is C24H27N3O2S. The largest absolute Gasteiger partial charge is 0.352 e. The fraction of sp³-hybridized carbons (Fsp3) is 0.375.